The molecule has 0 aliphatic heterocycles. The lowest BCUT2D eigenvalue weighted by Crippen LogP contribution is -2.29. The second kappa shape index (κ2) is 10.3. The van der Waals surface area contributed by atoms with Crippen LogP contribution in [0, 0.1) is 0 Å². The average Bonchev–Trinajstić information content (AvgIpc) is 2.70. The van der Waals surface area contributed by atoms with Gasteiger partial charge in [-0.05, 0) is 56.2 Å². The standard InChI is InChI=1S/C24H29NO3/c1-7-26-18(4)21-10-14-23(15-11-21)25(20(6)28-9-3)24-16-12-22(13-17-24)19(5)27-8-2/h7-20H,1-3H2,4-6H3. The number of hydrogen-bond acceptors (Lipinski definition) is 4. The van der Waals surface area contributed by atoms with Crippen molar-refractivity contribution in [2.24, 2.45) is 0 Å². The van der Waals surface area contributed by atoms with Crippen LogP contribution in [-0.4, -0.2) is 6.23 Å². The second-order valence-electron chi connectivity index (χ2n) is 6.35. The van der Waals surface area contributed by atoms with E-state index in [1.165, 1.54) is 18.8 Å². The Morgan fingerprint density at radius 3 is 1.32 bits per heavy atom. The van der Waals surface area contributed by atoms with E-state index in [4.69, 9.17) is 14.2 Å². The summed E-state index contributed by atoms with van der Waals surface area (Å²) in [7, 11) is 0. The first-order chi connectivity index (χ1) is 13.5. The third-order valence-electron chi connectivity index (χ3n) is 4.54. The van der Waals surface area contributed by atoms with E-state index in [9.17, 15) is 0 Å². The average molecular weight is 380 g/mol. The molecular formula is C24H29NO3. The SMILES string of the molecule is C=COC(C)c1ccc(N(c2ccc(C(C)OC=C)cc2)C(C)OC=C)cc1. The Kier molecular flexibility index (Phi) is 7.76. The molecule has 3 atom stereocenters. The van der Waals surface area contributed by atoms with Crippen LogP contribution in [0.25, 0.3) is 0 Å². The van der Waals surface area contributed by atoms with Gasteiger partial charge in [0.25, 0.3) is 0 Å². The lowest BCUT2D eigenvalue weighted by atomic mass is 10.1. The maximum atomic E-state index is 5.66. The van der Waals surface area contributed by atoms with Crippen LogP contribution in [0.1, 0.15) is 44.1 Å². The largest absolute Gasteiger partial charge is 0.494 e. The molecule has 148 valence electrons. The molecule has 2 aromatic rings. The van der Waals surface area contributed by atoms with Crippen LogP contribution >= 0.6 is 0 Å². The molecule has 2 aromatic carbocycles. The zero-order valence-corrected chi connectivity index (χ0v) is 16.9. The van der Waals surface area contributed by atoms with Gasteiger partial charge in [-0.3, -0.25) is 0 Å². The lowest BCUT2D eigenvalue weighted by molar-refractivity contribution is 0.165. The minimum atomic E-state index is -0.224. The topological polar surface area (TPSA) is 30.9 Å². The predicted octanol–water partition coefficient (Wildman–Crippen LogP) is 6.77. The zero-order chi connectivity index (χ0) is 20.5. The van der Waals surface area contributed by atoms with Crippen LogP contribution in [-0.2, 0) is 14.2 Å². The van der Waals surface area contributed by atoms with Gasteiger partial charge in [0.1, 0.15) is 12.2 Å². The molecule has 0 amide bonds. The van der Waals surface area contributed by atoms with E-state index in [-0.39, 0.29) is 18.4 Å². The Labute approximate surface area is 168 Å². The van der Waals surface area contributed by atoms with Crippen molar-refractivity contribution in [2.75, 3.05) is 4.90 Å². The zero-order valence-electron chi connectivity index (χ0n) is 16.9. The number of anilines is 2. The van der Waals surface area contributed by atoms with Crippen LogP contribution in [0.4, 0.5) is 11.4 Å². The molecule has 0 spiro atoms. The Bertz CT molecular complexity index is 708. The Balaban J connectivity index is 2.33. The third-order valence-corrected chi connectivity index (χ3v) is 4.54. The first-order valence-corrected chi connectivity index (χ1v) is 9.30. The van der Waals surface area contributed by atoms with Gasteiger partial charge in [0, 0.05) is 11.4 Å². The summed E-state index contributed by atoms with van der Waals surface area (Å²) in [5.74, 6) is 0. The predicted molar refractivity (Wildman–Crippen MR) is 115 cm³/mol. The van der Waals surface area contributed by atoms with Crippen molar-refractivity contribution in [1.82, 2.24) is 0 Å². The molecular weight excluding hydrogens is 350 g/mol. The molecule has 0 heterocycles. The van der Waals surface area contributed by atoms with Gasteiger partial charge in [-0.1, -0.05) is 44.0 Å². The number of ether oxygens (including phenoxy) is 3. The van der Waals surface area contributed by atoms with Crippen molar-refractivity contribution >= 4 is 11.4 Å². The van der Waals surface area contributed by atoms with Gasteiger partial charge in [0.05, 0.1) is 18.8 Å². The summed E-state index contributed by atoms with van der Waals surface area (Å²) in [4.78, 5) is 2.10. The van der Waals surface area contributed by atoms with Gasteiger partial charge in [-0.15, -0.1) is 0 Å². The van der Waals surface area contributed by atoms with E-state index in [1.807, 2.05) is 45.0 Å². The quantitative estimate of drug-likeness (QED) is 0.318. The van der Waals surface area contributed by atoms with E-state index in [0.717, 1.165) is 22.5 Å². The van der Waals surface area contributed by atoms with Crippen molar-refractivity contribution in [3.05, 3.63) is 98.2 Å². The number of rotatable bonds is 11. The summed E-state index contributed by atoms with van der Waals surface area (Å²) in [6.45, 7) is 16.9. The van der Waals surface area contributed by atoms with Crippen molar-refractivity contribution in [3.8, 4) is 0 Å². The summed E-state index contributed by atoms with van der Waals surface area (Å²) >= 11 is 0. The third kappa shape index (κ3) is 5.19. The van der Waals surface area contributed by atoms with Crippen molar-refractivity contribution < 1.29 is 14.2 Å². The Hall–Kier alpha value is -3.14. The highest BCUT2D eigenvalue weighted by atomic mass is 16.5. The fourth-order valence-corrected chi connectivity index (χ4v) is 3.03. The fraction of sp³-hybridized carbons (Fsp3) is 0.250. The van der Waals surface area contributed by atoms with Gasteiger partial charge >= 0.3 is 0 Å². The molecule has 0 saturated heterocycles. The van der Waals surface area contributed by atoms with Crippen LogP contribution in [0.5, 0.6) is 0 Å². The lowest BCUT2D eigenvalue weighted by Gasteiger charge is -2.31. The normalized spacial score (nSPS) is 13.5. The van der Waals surface area contributed by atoms with E-state index >= 15 is 0 Å². The van der Waals surface area contributed by atoms with Crippen molar-refractivity contribution in [1.29, 1.82) is 0 Å². The molecule has 0 aromatic heterocycles. The first-order valence-electron chi connectivity index (χ1n) is 9.30. The molecule has 0 fully saturated rings. The molecule has 0 saturated carbocycles. The van der Waals surface area contributed by atoms with Crippen molar-refractivity contribution in [2.45, 2.75) is 39.2 Å². The summed E-state index contributed by atoms with van der Waals surface area (Å²) in [5.41, 5.74) is 4.16. The minimum absolute atomic E-state index is 0.0486. The van der Waals surface area contributed by atoms with Crippen LogP contribution in [0.3, 0.4) is 0 Å². The maximum absolute atomic E-state index is 5.66. The van der Waals surface area contributed by atoms with Crippen molar-refractivity contribution in [3.63, 3.8) is 0 Å². The molecule has 0 N–H and O–H groups in total. The van der Waals surface area contributed by atoms with E-state index in [2.05, 4.69) is 48.9 Å². The van der Waals surface area contributed by atoms with Crippen LogP contribution < -0.4 is 4.90 Å². The van der Waals surface area contributed by atoms with E-state index in [1.54, 1.807) is 0 Å². The molecule has 2 rings (SSSR count). The molecule has 0 aliphatic rings. The molecule has 0 bridgehead atoms. The first kappa shape index (κ1) is 21.2. The highest BCUT2D eigenvalue weighted by Crippen LogP contribution is 2.31. The summed E-state index contributed by atoms with van der Waals surface area (Å²) < 4.78 is 16.6. The van der Waals surface area contributed by atoms with Gasteiger partial charge in [-0.25, -0.2) is 0 Å². The summed E-state index contributed by atoms with van der Waals surface area (Å²) in [6, 6.07) is 16.4. The molecule has 0 radical (unpaired) electrons. The fourth-order valence-electron chi connectivity index (χ4n) is 3.03. The highest BCUT2D eigenvalue weighted by molar-refractivity contribution is 5.64. The van der Waals surface area contributed by atoms with Gasteiger partial charge < -0.3 is 19.1 Å². The molecule has 4 nitrogen and oxygen atoms in total. The minimum Gasteiger partial charge on any atom is -0.494 e. The number of nitrogens with zero attached hydrogens (tertiary/aromatic N) is 1. The number of hydrogen-bond donors (Lipinski definition) is 0. The monoisotopic (exact) mass is 379 g/mol. The molecule has 28 heavy (non-hydrogen) atoms. The van der Waals surface area contributed by atoms with Crippen LogP contribution in [0.2, 0.25) is 0 Å². The maximum Gasteiger partial charge on any atom is 0.172 e. The smallest absolute Gasteiger partial charge is 0.172 e. The Morgan fingerprint density at radius 1 is 0.643 bits per heavy atom. The summed E-state index contributed by atoms with van der Waals surface area (Å²) in [5, 5.41) is 0. The van der Waals surface area contributed by atoms with E-state index in [0.29, 0.717) is 0 Å². The van der Waals surface area contributed by atoms with Gasteiger partial charge in [0.15, 0.2) is 6.23 Å². The van der Waals surface area contributed by atoms with Crippen LogP contribution in [0.15, 0.2) is 87.1 Å². The summed E-state index contributed by atoms with van der Waals surface area (Å²) in [6.07, 6.45) is 4.06. The van der Waals surface area contributed by atoms with E-state index < -0.39 is 0 Å². The van der Waals surface area contributed by atoms with Gasteiger partial charge in [-0.2, -0.15) is 0 Å². The number of benzene rings is 2. The molecule has 3 unspecified atom stereocenters. The highest BCUT2D eigenvalue weighted by Gasteiger charge is 2.18. The Morgan fingerprint density at radius 2 is 1.00 bits per heavy atom. The second-order valence-corrected chi connectivity index (χ2v) is 6.35. The van der Waals surface area contributed by atoms with Gasteiger partial charge in [0.2, 0.25) is 0 Å². The molecule has 0 aliphatic carbocycles. The molecule has 4 heteroatoms.